The average molecular weight is 210 g/mol. The molecule has 0 bridgehead atoms. The van der Waals surface area contributed by atoms with Crippen LogP contribution in [0.15, 0.2) is 0 Å². The molecule has 0 spiro atoms. The van der Waals surface area contributed by atoms with Gasteiger partial charge in [0.15, 0.2) is 0 Å². The van der Waals surface area contributed by atoms with Gasteiger partial charge in [-0.2, -0.15) is 0 Å². The molecule has 2 nitrogen and oxygen atoms in total. The smallest absolute Gasteiger partial charge is 0.0297 e. The number of hydrogen-bond acceptors (Lipinski definition) is 2. The average Bonchev–Trinajstić information content (AvgIpc) is 2.12. The minimum Gasteiger partial charge on any atom is -0.325 e. The molecular weight excluding hydrogens is 184 g/mol. The molecule has 15 heavy (non-hydrogen) atoms. The molecule has 1 saturated carbocycles. The van der Waals surface area contributed by atoms with Crippen LogP contribution in [0.2, 0.25) is 0 Å². The zero-order chi connectivity index (χ0) is 10.8. The second kappa shape index (κ2) is 4.84. The lowest BCUT2D eigenvalue weighted by atomic mass is 9.79. The van der Waals surface area contributed by atoms with Crippen molar-refractivity contribution < 1.29 is 0 Å². The third-order valence-electron chi connectivity index (χ3n) is 4.01. The molecule has 88 valence electrons. The van der Waals surface area contributed by atoms with Gasteiger partial charge in [-0.1, -0.05) is 26.7 Å². The minimum absolute atomic E-state index is 0.468. The van der Waals surface area contributed by atoms with E-state index in [1.807, 2.05) is 0 Å². The van der Waals surface area contributed by atoms with Crippen molar-refractivity contribution in [1.29, 1.82) is 0 Å². The van der Waals surface area contributed by atoms with E-state index in [0.29, 0.717) is 6.04 Å². The van der Waals surface area contributed by atoms with Crippen LogP contribution in [0.1, 0.15) is 46.0 Å². The first-order valence-corrected chi connectivity index (χ1v) is 6.64. The summed E-state index contributed by atoms with van der Waals surface area (Å²) in [6.07, 6.45) is 7.19. The Kier molecular flexibility index (Phi) is 3.68. The summed E-state index contributed by atoms with van der Waals surface area (Å²) < 4.78 is 0. The van der Waals surface area contributed by atoms with E-state index in [2.05, 4.69) is 18.7 Å². The van der Waals surface area contributed by atoms with Gasteiger partial charge in [0.05, 0.1) is 0 Å². The Bertz CT molecular complexity index is 197. The predicted molar refractivity (Wildman–Crippen MR) is 64.7 cm³/mol. The van der Waals surface area contributed by atoms with Crippen LogP contribution in [0.5, 0.6) is 0 Å². The highest BCUT2D eigenvalue weighted by Gasteiger charge is 2.33. The second-order valence-electron chi connectivity index (χ2n) is 6.03. The van der Waals surface area contributed by atoms with E-state index in [4.69, 9.17) is 5.73 Å². The molecule has 1 saturated heterocycles. The summed E-state index contributed by atoms with van der Waals surface area (Å²) in [5.41, 5.74) is 5.85. The van der Waals surface area contributed by atoms with Crippen molar-refractivity contribution in [1.82, 2.24) is 4.90 Å². The number of hydrogen-bond donors (Lipinski definition) is 1. The Balaban J connectivity index is 1.77. The summed E-state index contributed by atoms with van der Waals surface area (Å²) >= 11 is 0. The SMILES string of the molecule is CC(C)CC1CCCC(N2CC(N)C2)C1. The van der Waals surface area contributed by atoms with Gasteiger partial charge >= 0.3 is 0 Å². The van der Waals surface area contributed by atoms with Crippen LogP contribution in [0.4, 0.5) is 0 Å². The van der Waals surface area contributed by atoms with Gasteiger partial charge in [0.2, 0.25) is 0 Å². The molecule has 2 atom stereocenters. The van der Waals surface area contributed by atoms with Crippen molar-refractivity contribution in [3.05, 3.63) is 0 Å². The van der Waals surface area contributed by atoms with Crippen molar-refractivity contribution in [2.75, 3.05) is 13.1 Å². The fourth-order valence-corrected chi connectivity index (χ4v) is 3.32. The van der Waals surface area contributed by atoms with Crippen LogP contribution < -0.4 is 5.73 Å². The highest BCUT2D eigenvalue weighted by Crippen LogP contribution is 2.33. The molecule has 2 aliphatic rings. The van der Waals surface area contributed by atoms with Crippen LogP contribution in [0.3, 0.4) is 0 Å². The van der Waals surface area contributed by atoms with Gasteiger partial charge in [0.1, 0.15) is 0 Å². The van der Waals surface area contributed by atoms with Gasteiger partial charge in [0.25, 0.3) is 0 Å². The third kappa shape index (κ3) is 2.94. The third-order valence-corrected chi connectivity index (χ3v) is 4.01. The Labute approximate surface area is 94.2 Å². The molecule has 0 radical (unpaired) electrons. The molecule has 1 aliphatic heterocycles. The zero-order valence-corrected chi connectivity index (χ0v) is 10.3. The number of likely N-dealkylation sites (tertiary alicyclic amines) is 1. The van der Waals surface area contributed by atoms with E-state index in [-0.39, 0.29) is 0 Å². The molecule has 2 rings (SSSR count). The summed E-state index contributed by atoms with van der Waals surface area (Å²) in [5, 5.41) is 0. The van der Waals surface area contributed by atoms with E-state index >= 15 is 0 Å². The summed E-state index contributed by atoms with van der Waals surface area (Å²) in [5.74, 6) is 1.85. The van der Waals surface area contributed by atoms with Gasteiger partial charge in [-0.25, -0.2) is 0 Å². The number of nitrogens with two attached hydrogens (primary N) is 1. The molecule has 0 aromatic carbocycles. The van der Waals surface area contributed by atoms with Crippen molar-refractivity contribution in [3.63, 3.8) is 0 Å². The minimum atomic E-state index is 0.468. The molecule has 2 heteroatoms. The Hall–Kier alpha value is -0.0800. The first kappa shape index (κ1) is 11.4. The van der Waals surface area contributed by atoms with Crippen LogP contribution in [-0.2, 0) is 0 Å². The van der Waals surface area contributed by atoms with Gasteiger partial charge in [-0.15, -0.1) is 0 Å². The molecule has 2 N–H and O–H groups in total. The monoisotopic (exact) mass is 210 g/mol. The van der Waals surface area contributed by atoms with Crippen LogP contribution in [0.25, 0.3) is 0 Å². The van der Waals surface area contributed by atoms with Gasteiger partial charge in [0, 0.05) is 25.2 Å². The summed E-state index contributed by atoms with van der Waals surface area (Å²) in [6.45, 7) is 7.00. The van der Waals surface area contributed by atoms with Gasteiger partial charge in [-0.05, 0) is 31.1 Å². The highest BCUT2D eigenvalue weighted by atomic mass is 15.2. The van der Waals surface area contributed by atoms with Crippen LogP contribution >= 0.6 is 0 Å². The van der Waals surface area contributed by atoms with Gasteiger partial charge in [-0.3, -0.25) is 4.90 Å². The maximum atomic E-state index is 5.85. The highest BCUT2D eigenvalue weighted by molar-refractivity contribution is 4.90. The normalized spacial score (nSPS) is 34.4. The molecule has 1 aliphatic carbocycles. The van der Waals surface area contributed by atoms with Crippen molar-refractivity contribution in [2.45, 2.75) is 58.0 Å². The standard InChI is InChI=1S/C13H26N2/c1-10(2)6-11-4-3-5-13(7-11)15-8-12(14)9-15/h10-13H,3-9,14H2,1-2H3. The topological polar surface area (TPSA) is 29.3 Å². The van der Waals surface area contributed by atoms with Crippen LogP contribution in [0, 0.1) is 11.8 Å². The van der Waals surface area contributed by atoms with E-state index in [1.165, 1.54) is 32.1 Å². The van der Waals surface area contributed by atoms with E-state index in [0.717, 1.165) is 31.0 Å². The molecule has 2 unspecified atom stereocenters. The summed E-state index contributed by atoms with van der Waals surface area (Å²) in [4.78, 5) is 2.61. The lowest BCUT2D eigenvalue weighted by Crippen LogP contribution is -2.60. The fraction of sp³-hybridized carbons (Fsp3) is 1.00. The fourth-order valence-electron chi connectivity index (χ4n) is 3.32. The number of rotatable bonds is 3. The molecule has 0 aromatic rings. The Morgan fingerprint density at radius 3 is 2.60 bits per heavy atom. The molecular formula is C13H26N2. The lowest BCUT2D eigenvalue weighted by molar-refractivity contribution is 0.0534. The summed E-state index contributed by atoms with van der Waals surface area (Å²) in [6, 6.07) is 1.33. The van der Waals surface area contributed by atoms with E-state index in [1.54, 1.807) is 0 Å². The Morgan fingerprint density at radius 2 is 2.00 bits per heavy atom. The second-order valence-corrected chi connectivity index (χ2v) is 6.03. The Morgan fingerprint density at radius 1 is 1.27 bits per heavy atom. The molecule has 2 fully saturated rings. The van der Waals surface area contributed by atoms with E-state index in [9.17, 15) is 0 Å². The number of nitrogens with zero attached hydrogens (tertiary/aromatic N) is 1. The zero-order valence-electron chi connectivity index (χ0n) is 10.3. The van der Waals surface area contributed by atoms with Crippen molar-refractivity contribution in [2.24, 2.45) is 17.6 Å². The van der Waals surface area contributed by atoms with Crippen molar-refractivity contribution >= 4 is 0 Å². The largest absolute Gasteiger partial charge is 0.325 e. The van der Waals surface area contributed by atoms with E-state index < -0.39 is 0 Å². The maximum Gasteiger partial charge on any atom is 0.0297 e. The maximum absolute atomic E-state index is 5.85. The first-order chi connectivity index (χ1) is 7.15. The first-order valence-electron chi connectivity index (χ1n) is 6.64. The lowest BCUT2D eigenvalue weighted by Gasteiger charge is -2.46. The van der Waals surface area contributed by atoms with Crippen molar-refractivity contribution in [3.8, 4) is 0 Å². The quantitative estimate of drug-likeness (QED) is 0.774. The predicted octanol–water partition coefficient (Wildman–Crippen LogP) is 2.23. The van der Waals surface area contributed by atoms with Crippen LogP contribution in [-0.4, -0.2) is 30.1 Å². The summed E-state index contributed by atoms with van der Waals surface area (Å²) in [7, 11) is 0. The molecule has 0 aromatic heterocycles. The molecule has 0 amide bonds. The molecule has 1 heterocycles. The van der Waals surface area contributed by atoms with Gasteiger partial charge < -0.3 is 5.73 Å².